The van der Waals surface area contributed by atoms with Crippen LogP contribution in [0.25, 0.3) is 0 Å². The lowest BCUT2D eigenvalue weighted by atomic mass is 10.1. The second-order valence-electron chi connectivity index (χ2n) is 4.84. The minimum absolute atomic E-state index is 0.298. The molecule has 0 radical (unpaired) electrons. The van der Waals surface area contributed by atoms with Crippen molar-refractivity contribution in [2.24, 2.45) is 0 Å². The molecule has 0 aromatic carbocycles. The zero-order chi connectivity index (χ0) is 13.1. The molecule has 0 saturated carbocycles. The smallest absolute Gasteiger partial charge is 0.133 e. The van der Waals surface area contributed by atoms with Crippen molar-refractivity contribution in [3.8, 4) is 0 Å². The van der Waals surface area contributed by atoms with Gasteiger partial charge in [-0.25, -0.2) is 0 Å². The summed E-state index contributed by atoms with van der Waals surface area (Å²) < 4.78 is 7.02. The van der Waals surface area contributed by atoms with E-state index in [1.165, 1.54) is 5.56 Å². The summed E-state index contributed by atoms with van der Waals surface area (Å²) in [6.07, 6.45) is 3.94. The minimum Gasteiger partial charge on any atom is -0.361 e. The second-order valence-corrected chi connectivity index (χ2v) is 4.84. The van der Waals surface area contributed by atoms with Gasteiger partial charge in [0.1, 0.15) is 5.76 Å². The molecule has 18 heavy (non-hydrogen) atoms. The highest BCUT2D eigenvalue weighted by atomic mass is 16.5. The quantitative estimate of drug-likeness (QED) is 0.881. The normalized spacial score (nSPS) is 14.7. The van der Waals surface area contributed by atoms with Crippen LogP contribution in [0.3, 0.4) is 0 Å². The zero-order valence-corrected chi connectivity index (χ0v) is 11.3. The number of hydrogen-bond acceptors (Lipinski definition) is 4. The van der Waals surface area contributed by atoms with Gasteiger partial charge in [0.2, 0.25) is 0 Å². The maximum absolute atomic E-state index is 5.04. The lowest BCUT2D eigenvalue weighted by Gasteiger charge is -2.21. The first-order valence-electron chi connectivity index (χ1n) is 6.22. The Morgan fingerprint density at radius 2 is 2.17 bits per heavy atom. The average Bonchev–Trinajstić information content (AvgIpc) is 2.94. The molecule has 2 atom stereocenters. The number of nitrogens with zero attached hydrogens (tertiary/aromatic N) is 3. The van der Waals surface area contributed by atoms with E-state index < -0.39 is 0 Å². The fourth-order valence-electron chi connectivity index (χ4n) is 1.82. The summed E-state index contributed by atoms with van der Waals surface area (Å²) in [5.74, 6) is 0.843. The van der Waals surface area contributed by atoms with E-state index in [-0.39, 0.29) is 0 Å². The number of aryl methyl sites for hydroxylation is 2. The molecule has 0 fully saturated rings. The van der Waals surface area contributed by atoms with Crippen LogP contribution in [0.2, 0.25) is 0 Å². The van der Waals surface area contributed by atoms with Gasteiger partial charge in [0.25, 0.3) is 0 Å². The van der Waals surface area contributed by atoms with E-state index in [1.54, 1.807) is 0 Å². The lowest BCUT2D eigenvalue weighted by Crippen LogP contribution is -2.33. The van der Waals surface area contributed by atoms with Crippen LogP contribution >= 0.6 is 0 Å². The highest BCUT2D eigenvalue weighted by molar-refractivity contribution is 5.04. The van der Waals surface area contributed by atoms with Crippen molar-refractivity contribution in [3.63, 3.8) is 0 Å². The molecule has 98 valence electrons. The van der Waals surface area contributed by atoms with Gasteiger partial charge in [-0.3, -0.25) is 4.68 Å². The van der Waals surface area contributed by atoms with E-state index in [4.69, 9.17) is 4.52 Å². The van der Waals surface area contributed by atoms with Gasteiger partial charge in [-0.1, -0.05) is 5.16 Å². The summed E-state index contributed by atoms with van der Waals surface area (Å²) in [7, 11) is 0. The fourth-order valence-corrected chi connectivity index (χ4v) is 1.82. The lowest BCUT2D eigenvalue weighted by molar-refractivity contribution is 0.353. The maximum atomic E-state index is 5.04. The van der Waals surface area contributed by atoms with E-state index in [0.717, 1.165) is 11.5 Å². The fraction of sp³-hybridized carbons (Fsp3) is 0.538. The van der Waals surface area contributed by atoms with Gasteiger partial charge in [-0.15, -0.1) is 0 Å². The summed E-state index contributed by atoms with van der Waals surface area (Å²) in [4.78, 5) is 0. The molecule has 2 aromatic rings. The van der Waals surface area contributed by atoms with Crippen LogP contribution in [-0.4, -0.2) is 21.0 Å². The molecule has 5 nitrogen and oxygen atoms in total. The number of hydrogen-bond donors (Lipinski definition) is 1. The topological polar surface area (TPSA) is 55.9 Å². The Bertz CT molecular complexity index is 503. The van der Waals surface area contributed by atoms with Crippen LogP contribution in [-0.2, 0) is 6.54 Å². The number of nitrogens with one attached hydrogen (secondary N) is 1. The molecule has 5 heteroatoms. The molecule has 0 spiro atoms. The molecule has 0 amide bonds. The largest absolute Gasteiger partial charge is 0.361 e. The molecule has 2 heterocycles. The second kappa shape index (κ2) is 5.35. The van der Waals surface area contributed by atoms with E-state index in [1.807, 2.05) is 30.8 Å². The Balaban J connectivity index is 1.89. The zero-order valence-electron chi connectivity index (χ0n) is 11.3. The molecule has 0 bridgehead atoms. The van der Waals surface area contributed by atoms with Crippen molar-refractivity contribution in [2.45, 2.75) is 46.3 Å². The Morgan fingerprint density at radius 3 is 2.72 bits per heavy atom. The minimum atomic E-state index is 0.298. The van der Waals surface area contributed by atoms with E-state index >= 15 is 0 Å². The first-order chi connectivity index (χ1) is 8.56. The van der Waals surface area contributed by atoms with E-state index in [2.05, 4.69) is 35.6 Å². The molecule has 0 aliphatic carbocycles. The molecule has 0 aliphatic heterocycles. The van der Waals surface area contributed by atoms with Crippen molar-refractivity contribution in [3.05, 3.63) is 35.5 Å². The van der Waals surface area contributed by atoms with Crippen molar-refractivity contribution >= 4 is 0 Å². The van der Waals surface area contributed by atoms with E-state index in [9.17, 15) is 0 Å². The van der Waals surface area contributed by atoms with Crippen molar-refractivity contribution in [1.82, 2.24) is 20.3 Å². The Kier molecular flexibility index (Phi) is 3.81. The van der Waals surface area contributed by atoms with Crippen LogP contribution in [0.4, 0.5) is 0 Å². The van der Waals surface area contributed by atoms with Gasteiger partial charge in [-0.05, 0) is 33.3 Å². The van der Waals surface area contributed by atoms with Crippen molar-refractivity contribution < 1.29 is 4.52 Å². The van der Waals surface area contributed by atoms with Crippen molar-refractivity contribution in [2.75, 3.05) is 0 Å². The third kappa shape index (κ3) is 2.98. The van der Waals surface area contributed by atoms with Gasteiger partial charge < -0.3 is 9.84 Å². The predicted molar refractivity (Wildman–Crippen MR) is 69.2 cm³/mol. The van der Waals surface area contributed by atoms with Crippen LogP contribution in [0, 0.1) is 13.8 Å². The summed E-state index contributed by atoms with van der Waals surface area (Å²) in [5.41, 5.74) is 2.12. The molecule has 2 rings (SSSR count). The standard InChI is InChI=1S/C13H20N4O/c1-9-6-15-17(8-9)12(4)11(3)14-7-13-5-10(2)18-16-13/h5-6,8,11-12,14H,7H2,1-4H3/t11-,12-/m0/s1. The van der Waals surface area contributed by atoms with Gasteiger partial charge in [0.05, 0.1) is 17.9 Å². The SMILES string of the molecule is Cc1cnn([C@@H](C)[C@H](C)NCc2cc(C)on2)c1. The molecule has 0 saturated heterocycles. The monoisotopic (exact) mass is 248 g/mol. The van der Waals surface area contributed by atoms with E-state index in [0.29, 0.717) is 18.6 Å². The van der Waals surface area contributed by atoms with Crippen molar-refractivity contribution in [1.29, 1.82) is 0 Å². The molecular weight excluding hydrogens is 228 g/mol. The molecule has 0 unspecified atom stereocenters. The molecular formula is C13H20N4O. The Morgan fingerprint density at radius 1 is 1.39 bits per heavy atom. The first kappa shape index (κ1) is 12.8. The van der Waals surface area contributed by atoms with Crippen LogP contribution in [0.1, 0.15) is 36.9 Å². The van der Waals surface area contributed by atoms with Crippen LogP contribution in [0.5, 0.6) is 0 Å². The third-order valence-electron chi connectivity index (χ3n) is 3.15. The van der Waals surface area contributed by atoms with Crippen LogP contribution in [0.15, 0.2) is 23.0 Å². The number of rotatable bonds is 5. The summed E-state index contributed by atoms with van der Waals surface area (Å²) in [5, 5.41) is 11.7. The molecule has 1 N–H and O–H groups in total. The Labute approximate surface area is 107 Å². The summed E-state index contributed by atoms with van der Waals surface area (Å²) in [6.45, 7) is 8.96. The Hall–Kier alpha value is -1.62. The average molecular weight is 248 g/mol. The summed E-state index contributed by atoms with van der Waals surface area (Å²) in [6, 6.07) is 2.55. The van der Waals surface area contributed by atoms with Gasteiger partial charge >= 0.3 is 0 Å². The third-order valence-corrected chi connectivity index (χ3v) is 3.15. The highest BCUT2D eigenvalue weighted by Gasteiger charge is 2.14. The first-order valence-corrected chi connectivity index (χ1v) is 6.22. The maximum Gasteiger partial charge on any atom is 0.133 e. The predicted octanol–water partition coefficient (Wildman–Crippen LogP) is 2.23. The highest BCUT2D eigenvalue weighted by Crippen LogP contribution is 2.11. The molecule has 2 aromatic heterocycles. The van der Waals surface area contributed by atoms with Crippen LogP contribution < -0.4 is 5.32 Å². The van der Waals surface area contributed by atoms with Gasteiger partial charge in [0, 0.05) is 24.8 Å². The van der Waals surface area contributed by atoms with Gasteiger partial charge in [0.15, 0.2) is 0 Å². The van der Waals surface area contributed by atoms with Gasteiger partial charge in [-0.2, -0.15) is 5.10 Å². The molecule has 0 aliphatic rings. The number of aromatic nitrogens is 3. The summed E-state index contributed by atoms with van der Waals surface area (Å²) >= 11 is 0.